The minimum Gasteiger partial charge on any atom is -0.334 e. The first-order valence-corrected chi connectivity index (χ1v) is 8.19. The highest BCUT2D eigenvalue weighted by Crippen LogP contribution is 2.28. The monoisotopic (exact) mass is 328 g/mol. The molecular formula is C18H21FN4O. The molecule has 5 nitrogen and oxygen atoms in total. The number of nitrogens with two attached hydrogens (primary N) is 1. The van der Waals surface area contributed by atoms with Crippen molar-refractivity contribution in [1.82, 2.24) is 14.9 Å². The molecule has 2 unspecified atom stereocenters. The summed E-state index contributed by atoms with van der Waals surface area (Å²) in [6, 6.07) is 5.80. The van der Waals surface area contributed by atoms with Gasteiger partial charge in [0.25, 0.3) is 5.91 Å². The number of hydrogen-bond donors (Lipinski definition) is 1. The molecule has 2 atom stereocenters. The molecule has 24 heavy (non-hydrogen) atoms. The Balaban J connectivity index is 2.01. The van der Waals surface area contributed by atoms with Crippen LogP contribution in [-0.2, 0) is 0 Å². The Morgan fingerprint density at radius 3 is 2.83 bits per heavy atom. The van der Waals surface area contributed by atoms with Gasteiger partial charge in [-0.1, -0.05) is 6.92 Å². The van der Waals surface area contributed by atoms with Gasteiger partial charge in [-0.25, -0.2) is 14.4 Å². The van der Waals surface area contributed by atoms with Gasteiger partial charge in [-0.3, -0.25) is 4.79 Å². The topological polar surface area (TPSA) is 72.1 Å². The molecule has 3 rings (SSSR count). The molecular weight excluding hydrogens is 307 g/mol. The van der Waals surface area contributed by atoms with Gasteiger partial charge < -0.3 is 10.6 Å². The second-order valence-corrected chi connectivity index (χ2v) is 6.18. The molecule has 0 saturated carbocycles. The van der Waals surface area contributed by atoms with Crippen LogP contribution >= 0.6 is 0 Å². The lowest BCUT2D eigenvalue weighted by Gasteiger charge is -2.39. The van der Waals surface area contributed by atoms with Crippen LogP contribution in [-0.4, -0.2) is 39.9 Å². The lowest BCUT2D eigenvalue weighted by molar-refractivity contribution is 0.0533. The molecule has 1 fully saturated rings. The summed E-state index contributed by atoms with van der Waals surface area (Å²) in [6.45, 7) is 3.20. The van der Waals surface area contributed by atoms with E-state index in [4.69, 9.17) is 5.73 Å². The Morgan fingerprint density at radius 1 is 1.38 bits per heavy atom. The molecule has 0 radical (unpaired) electrons. The zero-order chi connectivity index (χ0) is 17.1. The molecule has 2 N–H and O–H groups in total. The third kappa shape index (κ3) is 3.14. The summed E-state index contributed by atoms with van der Waals surface area (Å²) in [5, 5.41) is 0. The molecule has 6 heteroatoms. The standard InChI is InChI=1S/C18H21FN4O/c1-12-4-2-9-23(16(12)11-20)18(24)14-6-5-13(19)10-15(14)17-21-7-3-8-22-17/h3,5-8,10,12,16H,2,4,9,11,20H2,1H3. The van der Waals surface area contributed by atoms with E-state index >= 15 is 0 Å². The summed E-state index contributed by atoms with van der Waals surface area (Å²) in [7, 11) is 0. The van der Waals surface area contributed by atoms with Crippen molar-refractivity contribution in [1.29, 1.82) is 0 Å². The maximum absolute atomic E-state index is 13.7. The number of hydrogen-bond acceptors (Lipinski definition) is 4. The van der Waals surface area contributed by atoms with Crippen molar-refractivity contribution in [3.63, 3.8) is 0 Å². The van der Waals surface area contributed by atoms with Crippen LogP contribution in [0, 0.1) is 11.7 Å². The molecule has 2 aromatic rings. The van der Waals surface area contributed by atoms with Gasteiger partial charge in [-0.15, -0.1) is 0 Å². The number of piperidine rings is 1. The van der Waals surface area contributed by atoms with Gasteiger partial charge in [0.15, 0.2) is 5.82 Å². The highest BCUT2D eigenvalue weighted by molar-refractivity contribution is 6.00. The molecule has 0 bridgehead atoms. The number of benzene rings is 1. The number of halogens is 1. The Labute approximate surface area is 140 Å². The Kier molecular flexibility index (Phi) is 4.85. The molecule has 1 aliphatic rings. The predicted molar refractivity (Wildman–Crippen MR) is 89.7 cm³/mol. The van der Waals surface area contributed by atoms with Gasteiger partial charge >= 0.3 is 0 Å². The van der Waals surface area contributed by atoms with Crippen LogP contribution in [0.5, 0.6) is 0 Å². The maximum Gasteiger partial charge on any atom is 0.254 e. The van der Waals surface area contributed by atoms with E-state index in [1.54, 1.807) is 18.5 Å². The number of aromatic nitrogens is 2. The average molecular weight is 328 g/mol. The van der Waals surface area contributed by atoms with Gasteiger partial charge in [0.05, 0.1) is 5.56 Å². The lowest BCUT2D eigenvalue weighted by atomic mass is 9.90. The smallest absolute Gasteiger partial charge is 0.254 e. The van der Waals surface area contributed by atoms with Gasteiger partial charge in [0, 0.05) is 37.1 Å². The minimum atomic E-state index is -0.420. The Hall–Kier alpha value is -2.34. The summed E-state index contributed by atoms with van der Waals surface area (Å²) >= 11 is 0. The van der Waals surface area contributed by atoms with Crippen molar-refractivity contribution in [3.05, 3.63) is 48.0 Å². The molecule has 1 aliphatic heterocycles. The van der Waals surface area contributed by atoms with E-state index in [2.05, 4.69) is 16.9 Å². The van der Waals surface area contributed by atoms with Crippen molar-refractivity contribution < 1.29 is 9.18 Å². The number of carbonyl (C=O) groups excluding carboxylic acids is 1. The van der Waals surface area contributed by atoms with Gasteiger partial charge in [-0.2, -0.15) is 0 Å². The summed E-state index contributed by atoms with van der Waals surface area (Å²) in [6.07, 6.45) is 5.16. The van der Waals surface area contributed by atoms with Crippen molar-refractivity contribution >= 4 is 5.91 Å². The molecule has 1 aromatic heterocycles. The number of carbonyl (C=O) groups is 1. The van der Waals surface area contributed by atoms with Crippen LogP contribution in [0.25, 0.3) is 11.4 Å². The van der Waals surface area contributed by atoms with E-state index < -0.39 is 5.82 Å². The average Bonchev–Trinajstić information content (AvgIpc) is 2.61. The van der Waals surface area contributed by atoms with Crippen molar-refractivity contribution in [2.75, 3.05) is 13.1 Å². The summed E-state index contributed by atoms with van der Waals surface area (Å²) < 4.78 is 13.7. The van der Waals surface area contributed by atoms with Crippen molar-refractivity contribution in [2.24, 2.45) is 11.7 Å². The fourth-order valence-corrected chi connectivity index (χ4v) is 3.34. The van der Waals surface area contributed by atoms with Gasteiger partial charge in [-0.05, 0) is 43.0 Å². The third-order valence-corrected chi connectivity index (χ3v) is 4.64. The molecule has 1 aromatic carbocycles. The molecule has 1 saturated heterocycles. The number of likely N-dealkylation sites (tertiary alicyclic amines) is 1. The predicted octanol–water partition coefficient (Wildman–Crippen LogP) is 2.48. The normalized spacial score (nSPS) is 20.9. The molecule has 0 aliphatic carbocycles. The quantitative estimate of drug-likeness (QED) is 0.939. The highest BCUT2D eigenvalue weighted by Gasteiger charge is 2.32. The van der Waals surface area contributed by atoms with E-state index in [1.807, 2.05) is 4.90 Å². The Morgan fingerprint density at radius 2 is 2.12 bits per heavy atom. The van der Waals surface area contributed by atoms with Crippen LogP contribution in [0.15, 0.2) is 36.7 Å². The van der Waals surface area contributed by atoms with E-state index in [9.17, 15) is 9.18 Å². The Bertz CT molecular complexity index is 722. The molecule has 2 heterocycles. The molecule has 126 valence electrons. The molecule has 0 spiro atoms. The maximum atomic E-state index is 13.7. The second kappa shape index (κ2) is 7.05. The number of rotatable bonds is 3. The number of nitrogens with zero attached hydrogens (tertiary/aromatic N) is 3. The van der Waals surface area contributed by atoms with Crippen LogP contribution in [0.1, 0.15) is 30.1 Å². The second-order valence-electron chi connectivity index (χ2n) is 6.18. The van der Waals surface area contributed by atoms with Crippen LogP contribution in [0.3, 0.4) is 0 Å². The van der Waals surface area contributed by atoms with Crippen LogP contribution in [0.2, 0.25) is 0 Å². The zero-order valence-corrected chi connectivity index (χ0v) is 13.7. The first kappa shape index (κ1) is 16.5. The SMILES string of the molecule is CC1CCCN(C(=O)c2ccc(F)cc2-c2ncccn2)C1CN. The van der Waals surface area contributed by atoms with Crippen molar-refractivity contribution in [3.8, 4) is 11.4 Å². The fourth-order valence-electron chi connectivity index (χ4n) is 3.34. The van der Waals surface area contributed by atoms with E-state index in [-0.39, 0.29) is 11.9 Å². The van der Waals surface area contributed by atoms with Crippen molar-refractivity contribution in [2.45, 2.75) is 25.8 Å². The van der Waals surface area contributed by atoms with E-state index in [1.165, 1.54) is 18.2 Å². The van der Waals surface area contributed by atoms with Crippen LogP contribution < -0.4 is 5.73 Å². The summed E-state index contributed by atoms with van der Waals surface area (Å²) in [5.41, 5.74) is 6.72. The first-order chi connectivity index (χ1) is 11.6. The van der Waals surface area contributed by atoms with Gasteiger partial charge in [0.1, 0.15) is 5.82 Å². The van der Waals surface area contributed by atoms with E-state index in [0.29, 0.717) is 36.0 Å². The van der Waals surface area contributed by atoms with Crippen LogP contribution in [0.4, 0.5) is 4.39 Å². The zero-order valence-electron chi connectivity index (χ0n) is 13.7. The minimum absolute atomic E-state index is 0.000782. The molecule has 1 amide bonds. The largest absolute Gasteiger partial charge is 0.334 e. The first-order valence-electron chi connectivity index (χ1n) is 8.19. The fraction of sp³-hybridized carbons (Fsp3) is 0.389. The summed E-state index contributed by atoms with van der Waals surface area (Å²) in [4.78, 5) is 23.2. The summed E-state index contributed by atoms with van der Waals surface area (Å²) in [5.74, 6) is 0.134. The number of amides is 1. The van der Waals surface area contributed by atoms with Gasteiger partial charge in [0.2, 0.25) is 0 Å². The lowest BCUT2D eigenvalue weighted by Crippen LogP contribution is -2.51. The highest BCUT2D eigenvalue weighted by atomic mass is 19.1. The third-order valence-electron chi connectivity index (χ3n) is 4.64. The van der Waals surface area contributed by atoms with E-state index in [0.717, 1.165) is 12.8 Å².